The molecule has 1 heterocycles. The van der Waals surface area contributed by atoms with Gasteiger partial charge in [-0.1, -0.05) is 19.1 Å². The molecule has 0 aliphatic carbocycles. The van der Waals surface area contributed by atoms with Crippen LogP contribution in [0.3, 0.4) is 0 Å². The number of likely N-dealkylation sites (N-methyl/N-ethyl adjacent to an activating group) is 2. The largest absolute Gasteiger partial charge is 0.416 e. The van der Waals surface area contributed by atoms with Gasteiger partial charge in [0.2, 0.25) is 5.91 Å². The number of rotatable bonds is 7. The fraction of sp³-hybridized carbons (Fsp3) is 0.450. The molecular formula is C20H27F3IN5OS. The van der Waals surface area contributed by atoms with Gasteiger partial charge in [0.15, 0.2) is 5.96 Å². The molecule has 1 amide bonds. The number of carbonyl (C=O) groups is 1. The summed E-state index contributed by atoms with van der Waals surface area (Å²) in [6.07, 6.45) is -2.66. The highest BCUT2D eigenvalue weighted by atomic mass is 127. The Morgan fingerprint density at radius 1 is 1.29 bits per heavy atom. The van der Waals surface area contributed by atoms with E-state index in [1.54, 1.807) is 37.7 Å². The zero-order chi connectivity index (χ0) is 22.3. The fourth-order valence-electron chi connectivity index (χ4n) is 2.69. The van der Waals surface area contributed by atoms with Crippen LogP contribution in [-0.4, -0.2) is 60.9 Å². The lowest BCUT2D eigenvalue weighted by Gasteiger charge is -2.25. The predicted octanol–water partition coefficient (Wildman–Crippen LogP) is 4.05. The molecule has 0 aliphatic heterocycles. The van der Waals surface area contributed by atoms with Crippen molar-refractivity contribution < 1.29 is 18.0 Å². The number of nitrogens with zero attached hydrogens (tertiary/aromatic N) is 4. The SMILES string of the molecule is CC(CN(C)C(=NCc1cccc(C(F)(F)F)c1)NCC(=O)N(C)C)c1nccs1.I. The quantitative estimate of drug-likeness (QED) is 0.311. The molecule has 0 radical (unpaired) electrons. The van der Waals surface area contributed by atoms with E-state index in [4.69, 9.17) is 0 Å². The first-order valence-electron chi connectivity index (χ1n) is 9.33. The predicted molar refractivity (Wildman–Crippen MR) is 128 cm³/mol. The molecule has 0 saturated carbocycles. The van der Waals surface area contributed by atoms with Crippen LogP contribution in [0.4, 0.5) is 13.2 Å². The molecule has 0 spiro atoms. The van der Waals surface area contributed by atoms with Crippen molar-refractivity contribution in [3.8, 4) is 0 Å². The lowest BCUT2D eigenvalue weighted by atomic mass is 10.1. The maximum Gasteiger partial charge on any atom is 0.416 e. The summed E-state index contributed by atoms with van der Waals surface area (Å²) in [5.41, 5.74) is -0.275. The van der Waals surface area contributed by atoms with E-state index in [0.29, 0.717) is 18.1 Å². The fourth-order valence-corrected chi connectivity index (χ4v) is 3.38. The maximum atomic E-state index is 13.0. The Bertz CT molecular complexity index is 859. The molecule has 2 aromatic rings. The first-order valence-corrected chi connectivity index (χ1v) is 10.2. The van der Waals surface area contributed by atoms with Crippen molar-refractivity contribution in [2.24, 2.45) is 4.99 Å². The van der Waals surface area contributed by atoms with Crippen molar-refractivity contribution in [1.82, 2.24) is 20.1 Å². The molecule has 1 aromatic heterocycles. The van der Waals surface area contributed by atoms with Gasteiger partial charge in [0, 0.05) is 45.2 Å². The van der Waals surface area contributed by atoms with Crippen LogP contribution >= 0.6 is 35.3 Å². The average molecular weight is 569 g/mol. The Kier molecular flexibility index (Phi) is 10.7. The molecule has 0 aliphatic rings. The standard InChI is InChI=1S/C20H26F3N5OS.HI/c1-14(18-24-8-9-30-18)13-28(4)19(26-12-17(29)27(2)3)25-11-15-6-5-7-16(10-15)20(21,22)23;/h5-10,14H,11-13H2,1-4H3,(H,25,26);1H. The van der Waals surface area contributed by atoms with Crippen molar-refractivity contribution >= 4 is 47.2 Å². The van der Waals surface area contributed by atoms with E-state index in [-0.39, 0.29) is 48.9 Å². The molecule has 172 valence electrons. The minimum absolute atomic E-state index is 0. The van der Waals surface area contributed by atoms with Gasteiger partial charge in [0.05, 0.1) is 23.7 Å². The van der Waals surface area contributed by atoms with Crippen LogP contribution in [0.15, 0.2) is 40.8 Å². The average Bonchev–Trinajstić information content (AvgIpc) is 3.22. The number of carbonyl (C=O) groups excluding carboxylic acids is 1. The van der Waals surface area contributed by atoms with E-state index in [9.17, 15) is 18.0 Å². The zero-order valence-corrected chi connectivity index (χ0v) is 21.0. The number of halogens is 4. The van der Waals surface area contributed by atoms with E-state index < -0.39 is 11.7 Å². The van der Waals surface area contributed by atoms with Crippen molar-refractivity contribution in [2.75, 3.05) is 34.2 Å². The number of amides is 1. The third kappa shape index (κ3) is 8.63. The minimum atomic E-state index is -4.40. The van der Waals surface area contributed by atoms with Crippen LogP contribution in [0, 0.1) is 0 Å². The summed E-state index contributed by atoms with van der Waals surface area (Å²) >= 11 is 1.56. The van der Waals surface area contributed by atoms with Gasteiger partial charge in [-0.3, -0.25) is 4.79 Å². The van der Waals surface area contributed by atoms with E-state index in [1.165, 1.54) is 11.0 Å². The third-order valence-electron chi connectivity index (χ3n) is 4.34. The number of aromatic nitrogens is 1. The Morgan fingerprint density at radius 2 is 2.00 bits per heavy atom. The maximum absolute atomic E-state index is 13.0. The second-order valence-corrected chi connectivity index (χ2v) is 8.06. The van der Waals surface area contributed by atoms with Crippen molar-refractivity contribution in [2.45, 2.75) is 25.6 Å². The lowest BCUT2D eigenvalue weighted by molar-refractivity contribution is -0.137. The molecule has 31 heavy (non-hydrogen) atoms. The number of thiazole rings is 1. The molecular weight excluding hydrogens is 542 g/mol. The second-order valence-electron chi connectivity index (χ2n) is 7.13. The molecule has 11 heteroatoms. The highest BCUT2D eigenvalue weighted by Gasteiger charge is 2.30. The Hall–Kier alpha value is -1.89. The Labute approximate surface area is 201 Å². The molecule has 0 fully saturated rings. The van der Waals surface area contributed by atoms with Crippen LogP contribution in [0.1, 0.15) is 29.0 Å². The van der Waals surface area contributed by atoms with Gasteiger partial charge in [-0.05, 0) is 17.7 Å². The lowest BCUT2D eigenvalue weighted by Crippen LogP contribution is -2.44. The monoisotopic (exact) mass is 569 g/mol. The van der Waals surface area contributed by atoms with Gasteiger partial charge in [-0.2, -0.15) is 13.2 Å². The van der Waals surface area contributed by atoms with E-state index in [1.807, 2.05) is 24.3 Å². The molecule has 6 nitrogen and oxygen atoms in total. The number of hydrogen-bond acceptors (Lipinski definition) is 4. The Morgan fingerprint density at radius 3 is 2.58 bits per heavy atom. The van der Waals surface area contributed by atoms with Gasteiger partial charge >= 0.3 is 6.18 Å². The highest BCUT2D eigenvalue weighted by molar-refractivity contribution is 14.0. The van der Waals surface area contributed by atoms with Gasteiger partial charge in [0.1, 0.15) is 0 Å². The zero-order valence-electron chi connectivity index (χ0n) is 17.8. The first kappa shape index (κ1) is 27.1. The number of benzene rings is 1. The topological polar surface area (TPSA) is 60.8 Å². The number of aliphatic imine (C=N–C) groups is 1. The van der Waals surface area contributed by atoms with E-state index in [0.717, 1.165) is 17.1 Å². The third-order valence-corrected chi connectivity index (χ3v) is 5.35. The summed E-state index contributed by atoms with van der Waals surface area (Å²) in [5, 5.41) is 5.89. The second kappa shape index (κ2) is 12.2. The summed E-state index contributed by atoms with van der Waals surface area (Å²) in [4.78, 5) is 24.0. The number of alkyl halides is 3. The van der Waals surface area contributed by atoms with Crippen molar-refractivity contribution in [1.29, 1.82) is 0 Å². The normalized spacial score (nSPS) is 12.7. The molecule has 1 unspecified atom stereocenters. The highest BCUT2D eigenvalue weighted by Crippen LogP contribution is 2.29. The first-order chi connectivity index (χ1) is 14.1. The van der Waals surface area contributed by atoms with Crippen LogP contribution in [-0.2, 0) is 17.5 Å². The van der Waals surface area contributed by atoms with Crippen LogP contribution < -0.4 is 5.32 Å². The van der Waals surface area contributed by atoms with Gasteiger partial charge < -0.3 is 15.1 Å². The molecule has 2 rings (SSSR count). The Balaban J connectivity index is 0.00000480. The molecule has 0 bridgehead atoms. The summed E-state index contributed by atoms with van der Waals surface area (Å²) in [5.74, 6) is 0.425. The number of nitrogens with one attached hydrogen (secondary N) is 1. The van der Waals surface area contributed by atoms with Crippen LogP contribution in [0.25, 0.3) is 0 Å². The molecule has 1 atom stereocenters. The number of guanidine groups is 1. The van der Waals surface area contributed by atoms with Gasteiger partial charge in [0.25, 0.3) is 0 Å². The summed E-state index contributed by atoms with van der Waals surface area (Å²) in [6, 6.07) is 5.08. The van der Waals surface area contributed by atoms with E-state index in [2.05, 4.69) is 15.3 Å². The van der Waals surface area contributed by atoms with Gasteiger partial charge in [-0.15, -0.1) is 35.3 Å². The molecule has 1 N–H and O–H groups in total. The minimum Gasteiger partial charge on any atom is -0.347 e. The molecule has 0 saturated heterocycles. The summed E-state index contributed by atoms with van der Waals surface area (Å²) < 4.78 is 38.9. The van der Waals surface area contributed by atoms with Crippen LogP contribution in [0.5, 0.6) is 0 Å². The summed E-state index contributed by atoms with van der Waals surface area (Å²) in [6.45, 7) is 2.70. The summed E-state index contributed by atoms with van der Waals surface area (Å²) in [7, 11) is 5.12. The van der Waals surface area contributed by atoms with Crippen LogP contribution in [0.2, 0.25) is 0 Å². The molecule has 1 aromatic carbocycles. The van der Waals surface area contributed by atoms with Crippen molar-refractivity contribution in [3.63, 3.8) is 0 Å². The smallest absolute Gasteiger partial charge is 0.347 e. The van der Waals surface area contributed by atoms with Crippen molar-refractivity contribution in [3.05, 3.63) is 52.0 Å². The van der Waals surface area contributed by atoms with Gasteiger partial charge in [-0.25, -0.2) is 9.98 Å². The van der Waals surface area contributed by atoms with E-state index >= 15 is 0 Å². The number of hydrogen-bond donors (Lipinski definition) is 1.